The third-order valence-electron chi connectivity index (χ3n) is 9.41. The van der Waals surface area contributed by atoms with Gasteiger partial charge in [0.05, 0.1) is 45.0 Å². The maximum absolute atomic E-state index is 10.4. The molecule has 0 radical (unpaired) electrons. The highest BCUT2D eigenvalue weighted by Gasteiger charge is 2.20. The van der Waals surface area contributed by atoms with Crippen molar-refractivity contribution in [2.75, 3.05) is 0 Å². The van der Waals surface area contributed by atoms with E-state index in [4.69, 9.17) is 0 Å². The first-order valence-electron chi connectivity index (χ1n) is 15.9. The lowest BCUT2D eigenvalue weighted by molar-refractivity contribution is 1.17. The lowest BCUT2D eigenvalue weighted by Crippen LogP contribution is -2.01. The molecule has 4 heteroatoms. The summed E-state index contributed by atoms with van der Waals surface area (Å²) in [7, 11) is 0. The fraction of sp³-hybridized carbons (Fsp3) is 0. The molecule has 0 aliphatic heterocycles. The Morgan fingerprint density at radius 2 is 0.917 bits per heavy atom. The summed E-state index contributed by atoms with van der Waals surface area (Å²) >= 11 is 0. The molecule has 48 heavy (non-hydrogen) atoms. The van der Waals surface area contributed by atoms with Gasteiger partial charge in [0.1, 0.15) is 6.07 Å². The Labute approximate surface area is 277 Å². The SMILES string of the molecule is N#Cc1ccc(-c2cccc(C#N)c2-n2c3ccccc3c3ccccc32)cc1-c1ccc2c(c1)c1ccccc1n2-c1ccccc1. The van der Waals surface area contributed by atoms with E-state index in [-0.39, 0.29) is 0 Å². The molecule has 0 N–H and O–H groups in total. The Hall–Kier alpha value is -6.88. The van der Waals surface area contributed by atoms with Gasteiger partial charge in [-0.2, -0.15) is 10.5 Å². The van der Waals surface area contributed by atoms with Crippen LogP contribution in [0, 0.1) is 22.7 Å². The van der Waals surface area contributed by atoms with Crippen LogP contribution in [0.4, 0.5) is 0 Å². The number of nitriles is 2. The lowest BCUT2D eigenvalue weighted by Gasteiger charge is -2.17. The van der Waals surface area contributed by atoms with Gasteiger partial charge in [0.2, 0.25) is 0 Å². The predicted molar refractivity (Wildman–Crippen MR) is 195 cm³/mol. The van der Waals surface area contributed by atoms with E-state index in [1.807, 2.05) is 42.5 Å². The second-order valence-corrected chi connectivity index (χ2v) is 12.0. The van der Waals surface area contributed by atoms with Gasteiger partial charge in [0, 0.05) is 38.4 Å². The van der Waals surface area contributed by atoms with Crippen LogP contribution in [0.25, 0.3) is 77.2 Å². The topological polar surface area (TPSA) is 57.4 Å². The number of aromatic nitrogens is 2. The minimum atomic E-state index is 0.583. The van der Waals surface area contributed by atoms with E-state index >= 15 is 0 Å². The molecule has 7 aromatic carbocycles. The van der Waals surface area contributed by atoms with Crippen LogP contribution in [0.2, 0.25) is 0 Å². The number of nitrogens with zero attached hydrogens (tertiary/aromatic N) is 4. The quantitative estimate of drug-likeness (QED) is 0.199. The molecule has 0 fully saturated rings. The highest BCUT2D eigenvalue weighted by Crippen LogP contribution is 2.40. The van der Waals surface area contributed by atoms with Crippen molar-refractivity contribution in [3.05, 3.63) is 169 Å². The molecule has 4 nitrogen and oxygen atoms in total. The molecular weight excluding hydrogens is 585 g/mol. The van der Waals surface area contributed by atoms with E-state index in [1.165, 1.54) is 0 Å². The lowest BCUT2D eigenvalue weighted by atomic mass is 9.92. The molecule has 0 atom stereocenters. The van der Waals surface area contributed by atoms with Gasteiger partial charge >= 0.3 is 0 Å². The molecular formula is C44H26N4. The van der Waals surface area contributed by atoms with Crippen LogP contribution in [-0.2, 0) is 0 Å². The largest absolute Gasteiger partial charge is 0.309 e. The van der Waals surface area contributed by atoms with Gasteiger partial charge in [0.25, 0.3) is 0 Å². The summed E-state index contributed by atoms with van der Waals surface area (Å²) in [5.74, 6) is 0. The van der Waals surface area contributed by atoms with Gasteiger partial charge in [-0.3, -0.25) is 0 Å². The molecule has 0 aliphatic carbocycles. The van der Waals surface area contributed by atoms with Crippen molar-refractivity contribution in [3.63, 3.8) is 0 Å². The summed E-state index contributed by atoms with van der Waals surface area (Å²) in [5.41, 5.74) is 11.1. The highest BCUT2D eigenvalue weighted by molar-refractivity contribution is 6.11. The highest BCUT2D eigenvalue weighted by atomic mass is 15.0. The van der Waals surface area contributed by atoms with Crippen molar-refractivity contribution in [1.82, 2.24) is 9.13 Å². The second kappa shape index (κ2) is 10.9. The van der Waals surface area contributed by atoms with Crippen molar-refractivity contribution < 1.29 is 0 Å². The van der Waals surface area contributed by atoms with Crippen LogP contribution in [0.1, 0.15) is 11.1 Å². The third-order valence-corrected chi connectivity index (χ3v) is 9.41. The van der Waals surface area contributed by atoms with E-state index in [0.29, 0.717) is 11.1 Å². The molecule has 2 aromatic heterocycles. The van der Waals surface area contributed by atoms with Crippen LogP contribution in [0.15, 0.2) is 158 Å². The second-order valence-electron chi connectivity index (χ2n) is 12.0. The normalized spacial score (nSPS) is 11.3. The van der Waals surface area contributed by atoms with Gasteiger partial charge in [-0.05, 0) is 71.8 Å². The minimum absolute atomic E-state index is 0.583. The third kappa shape index (κ3) is 4.07. The van der Waals surface area contributed by atoms with E-state index in [2.05, 4.69) is 137 Å². The molecule has 0 amide bonds. The number of rotatable bonds is 4. The maximum Gasteiger partial charge on any atom is 0.101 e. The summed E-state index contributed by atoms with van der Waals surface area (Å²) in [4.78, 5) is 0. The van der Waals surface area contributed by atoms with Crippen molar-refractivity contribution in [1.29, 1.82) is 10.5 Å². The molecule has 0 saturated heterocycles. The Balaban J connectivity index is 1.28. The summed E-state index contributed by atoms with van der Waals surface area (Å²) in [5, 5.41) is 25.3. The molecule has 0 unspecified atom stereocenters. The van der Waals surface area contributed by atoms with Gasteiger partial charge in [-0.15, -0.1) is 0 Å². The van der Waals surface area contributed by atoms with Crippen molar-refractivity contribution in [3.8, 4) is 45.8 Å². The molecule has 0 spiro atoms. The monoisotopic (exact) mass is 610 g/mol. The summed E-state index contributed by atoms with van der Waals surface area (Å²) in [6, 6.07) is 58.8. The zero-order chi connectivity index (χ0) is 32.2. The Bertz CT molecular complexity index is 2750. The number of fused-ring (bicyclic) bond motifs is 6. The average molecular weight is 611 g/mol. The van der Waals surface area contributed by atoms with Gasteiger partial charge in [0.15, 0.2) is 0 Å². The van der Waals surface area contributed by atoms with E-state index in [9.17, 15) is 10.5 Å². The first-order valence-corrected chi connectivity index (χ1v) is 15.9. The zero-order valence-electron chi connectivity index (χ0n) is 25.8. The van der Waals surface area contributed by atoms with Crippen LogP contribution in [0.3, 0.4) is 0 Å². The minimum Gasteiger partial charge on any atom is -0.309 e. The number of hydrogen-bond donors (Lipinski definition) is 0. The number of hydrogen-bond acceptors (Lipinski definition) is 2. The fourth-order valence-corrected chi connectivity index (χ4v) is 7.31. The van der Waals surface area contributed by atoms with Gasteiger partial charge in [-0.1, -0.05) is 97.1 Å². The summed E-state index contributed by atoms with van der Waals surface area (Å²) in [6.07, 6.45) is 0. The maximum atomic E-state index is 10.4. The molecule has 0 aliphatic rings. The van der Waals surface area contributed by atoms with Gasteiger partial charge < -0.3 is 9.13 Å². The van der Waals surface area contributed by atoms with Crippen molar-refractivity contribution >= 4 is 43.6 Å². The van der Waals surface area contributed by atoms with Crippen molar-refractivity contribution in [2.45, 2.75) is 0 Å². The Kier molecular flexibility index (Phi) is 6.22. The van der Waals surface area contributed by atoms with Crippen LogP contribution < -0.4 is 0 Å². The molecule has 0 bridgehead atoms. The summed E-state index contributed by atoms with van der Waals surface area (Å²) in [6.45, 7) is 0. The standard InChI is InChI=1S/C44H26N4/c45-27-31-22-21-29(34-17-10-11-32(28-46)44(34)48-41-19-8-4-14-35(41)36-15-5-9-20-42(36)48)25-38(31)30-23-24-43-39(26-30)37-16-6-7-18-40(37)47(43)33-12-2-1-3-13-33/h1-26H. The number of benzene rings is 7. The predicted octanol–water partition coefficient (Wildman–Crippen LogP) is 11.0. The Morgan fingerprint density at radius 3 is 1.58 bits per heavy atom. The van der Waals surface area contributed by atoms with Crippen LogP contribution in [-0.4, -0.2) is 9.13 Å². The smallest absolute Gasteiger partial charge is 0.101 e. The van der Waals surface area contributed by atoms with Crippen molar-refractivity contribution in [2.24, 2.45) is 0 Å². The molecule has 0 saturated carbocycles. The molecule has 222 valence electrons. The van der Waals surface area contributed by atoms with Crippen LogP contribution in [0.5, 0.6) is 0 Å². The van der Waals surface area contributed by atoms with E-state index < -0.39 is 0 Å². The van der Waals surface area contributed by atoms with E-state index in [1.54, 1.807) is 0 Å². The fourth-order valence-electron chi connectivity index (χ4n) is 7.31. The zero-order valence-corrected chi connectivity index (χ0v) is 25.8. The molecule has 9 rings (SSSR count). The van der Waals surface area contributed by atoms with Crippen LogP contribution >= 0.6 is 0 Å². The Morgan fingerprint density at radius 1 is 0.375 bits per heavy atom. The first kappa shape index (κ1) is 27.4. The molecule has 9 aromatic rings. The molecule has 2 heterocycles. The summed E-state index contributed by atoms with van der Waals surface area (Å²) < 4.78 is 4.50. The van der Waals surface area contributed by atoms with E-state index in [0.717, 1.165) is 77.2 Å². The average Bonchev–Trinajstić information content (AvgIpc) is 3.67. The number of para-hydroxylation sites is 5. The first-order chi connectivity index (χ1) is 23.7. The van der Waals surface area contributed by atoms with Gasteiger partial charge in [-0.25, -0.2) is 0 Å².